The predicted molar refractivity (Wildman–Crippen MR) is 97.0 cm³/mol. The number of hydrogen-bond acceptors (Lipinski definition) is 4. The number of carbonyl (C=O) groups excluding carboxylic acids is 1. The Hall–Kier alpha value is -2.41. The van der Waals surface area contributed by atoms with Gasteiger partial charge in [-0.05, 0) is 37.1 Å². The van der Waals surface area contributed by atoms with E-state index >= 15 is 0 Å². The van der Waals surface area contributed by atoms with Gasteiger partial charge in [-0.25, -0.2) is 0 Å². The SMILES string of the molecule is Cc1ccc([N+](=O)[O-])cc1NCC(=O)NC(C)c1ccc(Br)cc1. The summed E-state index contributed by atoms with van der Waals surface area (Å²) in [4.78, 5) is 22.4. The van der Waals surface area contributed by atoms with Gasteiger partial charge in [-0.2, -0.15) is 0 Å². The third kappa shape index (κ3) is 4.79. The number of non-ortho nitro benzene ring substituents is 1. The van der Waals surface area contributed by atoms with Crippen LogP contribution in [0.4, 0.5) is 11.4 Å². The van der Waals surface area contributed by atoms with E-state index in [1.807, 2.05) is 38.1 Å². The number of nitro groups is 1. The Bertz CT molecular complexity index is 747. The zero-order valence-electron chi connectivity index (χ0n) is 13.4. The van der Waals surface area contributed by atoms with Gasteiger partial charge in [0.1, 0.15) is 0 Å². The van der Waals surface area contributed by atoms with Gasteiger partial charge in [0.05, 0.1) is 17.5 Å². The molecule has 2 rings (SSSR count). The summed E-state index contributed by atoms with van der Waals surface area (Å²) in [5, 5.41) is 16.7. The molecule has 6 nitrogen and oxygen atoms in total. The van der Waals surface area contributed by atoms with Crippen LogP contribution in [0.2, 0.25) is 0 Å². The van der Waals surface area contributed by atoms with Crippen LogP contribution in [0.5, 0.6) is 0 Å². The number of nitrogens with one attached hydrogen (secondary N) is 2. The first-order valence-electron chi connectivity index (χ1n) is 7.40. The average molecular weight is 392 g/mol. The summed E-state index contributed by atoms with van der Waals surface area (Å²) < 4.78 is 0.979. The first-order valence-corrected chi connectivity index (χ1v) is 8.20. The molecule has 0 aliphatic rings. The Balaban J connectivity index is 1.94. The molecule has 1 atom stereocenters. The Kier molecular flexibility index (Phi) is 5.92. The summed E-state index contributed by atoms with van der Waals surface area (Å²) in [7, 11) is 0. The highest BCUT2D eigenvalue weighted by Crippen LogP contribution is 2.21. The molecule has 2 aromatic carbocycles. The van der Waals surface area contributed by atoms with Crippen molar-refractivity contribution < 1.29 is 9.72 Å². The fraction of sp³-hybridized carbons (Fsp3) is 0.235. The molecule has 0 saturated carbocycles. The van der Waals surface area contributed by atoms with Crippen molar-refractivity contribution in [3.05, 3.63) is 68.2 Å². The molecule has 0 aliphatic carbocycles. The minimum Gasteiger partial charge on any atom is -0.376 e. The van der Waals surface area contributed by atoms with Crippen LogP contribution in [-0.4, -0.2) is 17.4 Å². The minimum absolute atomic E-state index is 0.00765. The summed E-state index contributed by atoms with van der Waals surface area (Å²) in [5.41, 5.74) is 2.41. The van der Waals surface area contributed by atoms with Crippen LogP contribution >= 0.6 is 15.9 Å². The van der Waals surface area contributed by atoms with Crippen molar-refractivity contribution in [1.82, 2.24) is 5.32 Å². The Labute approximate surface area is 148 Å². The minimum atomic E-state index is -0.458. The maximum Gasteiger partial charge on any atom is 0.271 e. The topological polar surface area (TPSA) is 84.3 Å². The molecule has 0 saturated heterocycles. The van der Waals surface area contributed by atoms with E-state index in [2.05, 4.69) is 26.6 Å². The first-order chi connectivity index (χ1) is 11.4. The van der Waals surface area contributed by atoms with Crippen molar-refractivity contribution in [3.8, 4) is 0 Å². The molecular weight excluding hydrogens is 374 g/mol. The van der Waals surface area contributed by atoms with Gasteiger partial charge in [0.15, 0.2) is 0 Å². The molecule has 2 N–H and O–H groups in total. The first kappa shape index (κ1) is 17.9. The number of anilines is 1. The van der Waals surface area contributed by atoms with Gasteiger partial charge in [-0.1, -0.05) is 34.1 Å². The molecule has 0 spiro atoms. The van der Waals surface area contributed by atoms with Crippen LogP contribution in [0.25, 0.3) is 0 Å². The van der Waals surface area contributed by atoms with Gasteiger partial charge >= 0.3 is 0 Å². The monoisotopic (exact) mass is 391 g/mol. The molecule has 0 aliphatic heterocycles. The standard InChI is InChI=1S/C17H18BrN3O3/c1-11-3-8-15(21(23)24)9-16(11)19-10-17(22)20-12(2)13-4-6-14(18)7-5-13/h3-9,12,19H,10H2,1-2H3,(H,20,22). The number of halogens is 1. The van der Waals surface area contributed by atoms with Crippen LogP contribution < -0.4 is 10.6 Å². The van der Waals surface area contributed by atoms with E-state index in [1.165, 1.54) is 12.1 Å². The van der Waals surface area contributed by atoms with Gasteiger partial charge in [-0.15, -0.1) is 0 Å². The Morgan fingerprint density at radius 1 is 1.25 bits per heavy atom. The van der Waals surface area contributed by atoms with E-state index < -0.39 is 4.92 Å². The summed E-state index contributed by atoms with van der Waals surface area (Å²) in [6.07, 6.45) is 0. The summed E-state index contributed by atoms with van der Waals surface area (Å²) >= 11 is 3.37. The second-order valence-electron chi connectivity index (χ2n) is 5.45. The maximum atomic E-state index is 12.1. The third-order valence-corrected chi connectivity index (χ3v) is 4.15. The molecule has 0 bridgehead atoms. The Morgan fingerprint density at radius 2 is 1.92 bits per heavy atom. The lowest BCUT2D eigenvalue weighted by molar-refractivity contribution is -0.384. The maximum absolute atomic E-state index is 12.1. The molecule has 24 heavy (non-hydrogen) atoms. The highest BCUT2D eigenvalue weighted by Gasteiger charge is 2.12. The molecule has 1 amide bonds. The van der Waals surface area contributed by atoms with Crippen LogP contribution in [-0.2, 0) is 4.79 Å². The number of benzene rings is 2. The van der Waals surface area contributed by atoms with Crippen molar-refractivity contribution in [2.24, 2.45) is 0 Å². The average Bonchev–Trinajstić information content (AvgIpc) is 2.54. The number of amides is 1. The lowest BCUT2D eigenvalue weighted by Crippen LogP contribution is -2.32. The second kappa shape index (κ2) is 7.92. The summed E-state index contributed by atoms with van der Waals surface area (Å²) in [6, 6.07) is 12.1. The second-order valence-corrected chi connectivity index (χ2v) is 6.37. The third-order valence-electron chi connectivity index (χ3n) is 3.62. The number of nitrogens with zero attached hydrogens (tertiary/aromatic N) is 1. The van der Waals surface area contributed by atoms with E-state index in [4.69, 9.17) is 0 Å². The summed E-state index contributed by atoms with van der Waals surface area (Å²) in [5.74, 6) is -0.184. The van der Waals surface area contributed by atoms with Gasteiger partial charge in [0, 0.05) is 22.3 Å². The molecule has 0 aromatic heterocycles. The lowest BCUT2D eigenvalue weighted by Gasteiger charge is -2.15. The van der Waals surface area contributed by atoms with Crippen molar-refractivity contribution in [2.45, 2.75) is 19.9 Å². The zero-order valence-corrected chi connectivity index (χ0v) is 15.0. The fourth-order valence-corrected chi connectivity index (χ4v) is 2.48. The smallest absolute Gasteiger partial charge is 0.271 e. The Morgan fingerprint density at radius 3 is 2.54 bits per heavy atom. The van der Waals surface area contributed by atoms with Crippen molar-refractivity contribution in [3.63, 3.8) is 0 Å². The highest BCUT2D eigenvalue weighted by atomic mass is 79.9. The molecule has 0 fully saturated rings. The van der Waals surface area contributed by atoms with E-state index in [-0.39, 0.29) is 24.2 Å². The number of nitro benzene ring substituents is 1. The van der Waals surface area contributed by atoms with Crippen molar-refractivity contribution >= 4 is 33.2 Å². The molecule has 2 aromatic rings. The molecule has 126 valence electrons. The van der Waals surface area contributed by atoms with Gasteiger partial charge in [0.2, 0.25) is 5.91 Å². The van der Waals surface area contributed by atoms with Gasteiger partial charge in [0.25, 0.3) is 5.69 Å². The van der Waals surface area contributed by atoms with Gasteiger partial charge < -0.3 is 10.6 Å². The molecular formula is C17H18BrN3O3. The quantitative estimate of drug-likeness (QED) is 0.576. The zero-order chi connectivity index (χ0) is 17.7. The van der Waals surface area contributed by atoms with E-state index in [0.29, 0.717) is 5.69 Å². The molecule has 0 heterocycles. The van der Waals surface area contributed by atoms with Crippen LogP contribution in [0.1, 0.15) is 24.1 Å². The van der Waals surface area contributed by atoms with Crippen LogP contribution in [0.3, 0.4) is 0 Å². The molecule has 0 radical (unpaired) electrons. The van der Waals surface area contributed by atoms with E-state index in [0.717, 1.165) is 15.6 Å². The number of aryl methyl sites for hydroxylation is 1. The number of rotatable bonds is 6. The van der Waals surface area contributed by atoms with E-state index in [1.54, 1.807) is 6.07 Å². The lowest BCUT2D eigenvalue weighted by atomic mass is 10.1. The van der Waals surface area contributed by atoms with Crippen molar-refractivity contribution in [2.75, 3.05) is 11.9 Å². The number of hydrogen-bond donors (Lipinski definition) is 2. The van der Waals surface area contributed by atoms with E-state index in [9.17, 15) is 14.9 Å². The van der Waals surface area contributed by atoms with Crippen LogP contribution in [0, 0.1) is 17.0 Å². The normalized spacial score (nSPS) is 11.6. The summed E-state index contributed by atoms with van der Waals surface area (Å²) in [6.45, 7) is 3.77. The predicted octanol–water partition coefficient (Wildman–Crippen LogP) is 3.96. The van der Waals surface area contributed by atoms with Crippen molar-refractivity contribution in [1.29, 1.82) is 0 Å². The van der Waals surface area contributed by atoms with Gasteiger partial charge in [-0.3, -0.25) is 14.9 Å². The molecule has 1 unspecified atom stereocenters. The fourth-order valence-electron chi connectivity index (χ4n) is 2.22. The molecule has 7 heteroatoms. The number of carbonyl (C=O) groups is 1. The largest absolute Gasteiger partial charge is 0.376 e. The van der Waals surface area contributed by atoms with Crippen LogP contribution in [0.15, 0.2) is 46.9 Å². The highest BCUT2D eigenvalue weighted by molar-refractivity contribution is 9.10.